The van der Waals surface area contributed by atoms with Crippen LogP contribution in [-0.4, -0.2) is 38.7 Å². The van der Waals surface area contributed by atoms with E-state index < -0.39 is 0 Å². The molecule has 31 heavy (non-hydrogen) atoms. The molecule has 0 aliphatic rings. The Morgan fingerprint density at radius 1 is 1.19 bits per heavy atom. The summed E-state index contributed by atoms with van der Waals surface area (Å²) >= 11 is 7.32. The minimum atomic E-state index is -0.241. The van der Waals surface area contributed by atoms with Gasteiger partial charge in [-0.2, -0.15) is 0 Å². The van der Waals surface area contributed by atoms with Crippen LogP contribution < -0.4 is 10.1 Å². The van der Waals surface area contributed by atoms with Crippen LogP contribution in [0.2, 0.25) is 5.02 Å². The molecule has 2 heterocycles. The number of nitrogens with one attached hydrogen (secondary N) is 1. The lowest BCUT2D eigenvalue weighted by atomic mass is 10.2. The van der Waals surface area contributed by atoms with Crippen LogP contribution in [-0.2, 0) is 4.79 Å². The van der Waals surface area contributed by atoms with Crippen molar-refractivity contribution in [2.45, 2.75) is 12.1 Å². The number of nitrogens with zero attached hydrogens (tertiary/aromatic N) is 4. The highest BCUT2D eigenvalue weighted by Gasteiger charge is 2.18. The minimum absolute atomic E-state index is 0.115. The van der Waals surface area contributed by atoms with E-state index in [9.17, 15) is 4.79 Å². The molecule has 0 aliphatic carbocycles. The van der Waals surface area contributed by atoms with Gasteiger partial charge in [0.1, 0.15) is 5.75 Å². The van der Waals surface area contributed by atoms with E-state index >= 15 is 0 Å². The molecule has 8 nitrogen and oxygen atoms in total. The largest absolute Gasteiger partial charge is 0.497 e. The van der Waals surface area contributed by atoms with Crippen LogP contribution in [0.3, 0.4) is 0 Å². The molecule has 0 saturated heterocycles. The molecule has 1 amide bonds. The summed E-state index contributed by atoms with van der Waals surface area (Å²) in [7, 11) is 1.61. The molecule has 0 fully saturated rings. The average molecular weight is 456 g/mol. The first kappa shape index (κ1) is 21.0. The quantitative estimate of drug-likeness (QED) is 0.406. The second-order valence-electron chi connectivity index (χ2n) is 6.52. The molecule has 0 spiro atoms. The van der Waals surface area contributed by atoms with Crippen molar-refractivity contribution in [2.24, 2.45) is 0 Å². The van der Waals surface area contributed by atoms with Gasteiger partial charge in [-0.25, -0.2) is 0 Å². The first-order valence-electron chi connectivity index (χ1n) is 9.25. The van der Waals surface area contributed by atoms with E-state index in [1.807, 2.05) is 41.0 Å². The zero-order valence-electron chi connectivity index (χ0n) is 16.7. The van der Waals surface area contributed by atoms with Crippen LogP contribution in [0.25, 0.3) is 17.1 Å². The fourth-order valence-corrected chi connectivity index (χ4v) is 3.74. The van der Waals surface area contributed by atoms with Crippen LogP contribution in [0.1, 0.15) is 5.69 Å². The van der Waals surface area contributed by atoms with Crippen molar-refractivity contribution in [1.82, 2.24) is 19.9 Å². The fourth-order valence-electron chi connectivity index (χ4n) is 2.86. The van der Waals surface area contributed by atoms with Gasteiger partial charge in [0.05, 0.1) is 18.6 Å². The van der Waals surface area contributed by atoms with Crippen molar-refractivity contribution in [1.29, 1.82) is 0 Å². The zero-order valence-corrected chi connectivity index (χ0v) is 18.3. The summed E-state index contributed by atoms with van der Waals surface area (Å²) in [5, 5.41) is 16.3. The molecule has 2 aromatic carbocycles. The Morgan fingerprint density at radius 3 is 2.71 bits per heavy atom. The highest BCUT2D eigenvalue weighted by atomic mass is 35.5. The van der Waals surface area contributed by atoms with Gasteiger partial charge in [-0.1, -0.05) is 40.7 Å². The number of methoxy groups -OCH3 is 1. The predicted molar refractivity (Wildman–Crippen MR) is 119 cm³/mol. The van der Waals surface area contributed by atoms with Crippen molar-refractivity contribution in [3.05, 3.63) is 65.3 Å². The van der Waals surface area contributed by atoms with Crippen LogP contribution in [0, 0.1) is 6.92 Å². The van der Waals surface area contributed by atoms with Gasteiger partial charge < -0.3 is 9.26 Å². The highest BCUT2D eigenvalue weighted by Crippen LogP contribution is 2.30. The molecule has 4 aromatic rings. The highest BCUT2D eigenvalue weighted by molar-refractivity contribution is 7.99. The molecule has 1 N–H and O–H groups in total. The van der Waals surface area contributed by atoms with Gasteiger partial charge in [-0.15, -0.1) is 10.2 Å². The number of ether oxygens (including phenoxy) is 1. The summed E-state index contributed by atoms with van der Waals surface area (Å²) in [6, 6.07) is 16.5. The second-order valence-corrected chi connectivity index (χ2v) is 7.90. The lowest BCUT2D eigenvalue weighted by Gasteiger charge is -2.11. The van der Waals surface area contributed by atoms with Crippen LogP contribution >= 0.6 is 23.4 Å². The number of carbonyl (C=O) groups is 1. The molecular formula is C21H18ClN5O3S. The molecule has 4 rings (SSSR count). The van der Waals surface area contributed by atoms with Gasteiger partial charge in [-0.05, 0) is 43.3 Å². The Hall–Kier alpha value is -3.30. The van der Waals surface area contributed by atoms with Crippen LogP contribution in [0.15, 0.2) is 64.3 Å². The summed E-state index contributed by atoms with van der Waals surface area (Å²) in [5.74, 6) is 1.51. The van der Waals surface area contributed by atoms with Gasteiger partial charge in [0, 0.05) is 22.3 Å². The summed E-state index contributed by atoms with van der Waals surface area (Å²) < 4.78 is 12.2. The van der Waals surface area contributed by atoms with E-state index in [2.05, 4.69) is 20.7 Å². The van der Waals surface area contributed by atoms with Gasteiger partial charge >= 0.3 is 0 Å². The maximum Gasteiger partial charge on any atom is 0.237 e. The number of carbonyl (C=O) groups excluding carboxylic acids is 1. The SMILES string of the molecule is COc1cccc(-c2nnc(SCC(=O)Nc3cc(C)no3)n2-c2ccc(Cl)cc2)c1. The van der Waals surface area contributed by atoms with Crippen LogP contribution in [0.5, 0.6) is 5.75 Å². The lowest BCUT2D eigenvalue weighted by Crippen LogP contribution is -2.14. The van der Waals surface area contributed by atoms with Crippen LogP contribution in [0.4, 0.5) is 5.88 Å². The molecule has 0 saturated carbocycles. The molecule has 10 heteroatoms. The number of aryl methyl sites for hydroxylation is 1. The Morgan fingerprint density at radius 2 is 2.00 bits per heavy atom. The number of hydrogen-bond acceptors (Lipinski definition) is 7. The van der Waals surface area contributed by atoms with Gasteiger partial charge in [0.25, 0.3) is 0 Å². The van der Waals surface area contributed by atoms with Gasteiger partial charge in [-0.3, -0.25) is 14.7 Å². The zero-order chi connectivity index (χ0) is 21.8. The van der Waals surface area contributed by atoms with E-state index in [1.54, 1.807) is 32.2 Å². The smallest absolute Gasteiger partial charge is 0.237 e. The summed E-state index contributed by atoms with van der Waals surface area (Å²) in [4.78, 5) is 12.3. The molecule has 0 atom stereocenters. The van der Waals surface area contributed by atoms with Crippen molar-refractivity contribution in [3.63, 3.8) is 0 Å². The van der Waals surface area contributed by atoms with Crippen molar-refractivity contribution < 1.29 is 14.1 Å². The molecule has 0 aliphatic heterocycles. The Kier molecular flexibility index (Phi) is 6.24. The number of amides is 1. The van der Waals surface area contributed by atoms with E-state index in [4.69, 9.17) is 20.9 Å². The van der Waals surface area contributed by atoms with E-state index in [0.29, 0.717) is 33.3 Å². The molecular weight excluding hydrogens is 438 g/mol. The Balaban J connectivity index is 1.63. The lowest BCUT2D eigenvalue weighted by molar-refractivity contribution is -0.113. The first-order valence-corrected chi connectivity index (χ1v) is 10.6. The number of hydrogen-bond donors (Lipinski definition) is 1. The minimum Gasteiger partial charge on any atom is -0.497 e. The Labute approximate surface area is 187 Å². The average Bonchev–Trinajstić information content (AvgIpc) is 3.39. The number of anilines is 1. The number of aromatic nitrogens is 4. The molecule has 158 valence electrons. The van der Waals surface area contributed by atoms with E-state index in [0.717, 1.165) is 11.3 Å². The van der Waals surface area contributed by atoms with Gasteiger partial charge in [0.15, 0.2) is 11.0 Å². The third kappa shape index (κ3) is 4.89. The maximum absolute atomic E-state index is 12.3. The van der Waals surface area contributed by atoms with Crippen molar-refractivity contribution in [3.8, 4) is 22.8 Å². The summed E-state index contributed by atoms with van der Waals surface area (Å²) in [6.45, 7) is 1.78. The third-order valence-corrected chi connectivity index (χ3v) is 5.45. The summed E-state index contributed by atoms with van der Waals surface area (Å²) in [6.07, 6.45) is 0. The fraction of sp³-hybridized carbons (Fsp3) is 0.143. The Bertz CT molecular complexity index is 1210. The maximum atomic E-state index is 12.3. The second kappa shape index (κ2) is 9.23. The predicted octanol–water partition coefficient (Wildman–Crippen LogP) is 4.62. The summed E-state index contributed by atoms with van der Waals surface area (Å²) in [5.41, 5.74) is 2.34. The topological polar surface area (TPSA) is 95.1 Å². The molecule has 0 radical (unpaired) electrons. The van der Waals surface area contributed by atoms with E-state index in [1.165, 1.54) is 11.8 Å². The van der Waals surface area contributed by atoms with Crippen molar-refractivity contribution >= 4 is 35.2 Å². The standard InChI is InChI=1S/C21H18ClN5O3S/c1-13-10-19(30-26-13)23-18(28)12-31-21-25-24-20(14-4-3-5-17(11-14)29-2)27(21)16-8-6-15(22)7-9-16/h3-11H,12H2,1-2H3,(H,23,28). The molecule has 2 aromatic heterocycles. The number of halogens is 1. The molecule has 0 bridgehead atoms. The number of rotatable bonds is 7. The molecule has 0 unspecified atom stereocenters. The normalized spacial score (nSPS) is 10.8. The monoisotopic (exact) mass is 455 g/mol. The number of thioether (sulfide) groups is 1. The van der Waals surface area contributed by atoms with Gasteiger partial charge in [0.2, 0.25) is 11.8 Å². The van der Waals surface area contributed by atoms with E-state index in [-0.39, 0.29) is 11.7 Å². The van der Waals surface area contributed by atoms with Crippen molar-refractivity contribution in [2.75, 3.05) is 18.2 Å². The number of benzene rings is 2. The third-order valence-electron chi connectivity index (χ3n) is 4.27. The first-order chi connectivity index (χ1) is 15.0.